The smallest absolute Gasteiger partial charge is 0.0849 e. The van der Waals surface area contributed by atoms with E-state index in [1.807, 2.05) is 44.2 Å². The lowest BCUT2D eigenvalue weighted by atomic mass is 9.93. The molecule has 0 bridgehead atoms. The van der Waals surface area contributed by atoms with Gasteiger partial charge in [-0.25, -0.2) is 4.98 Å². The van der Waals surface area contributed by atoms with E-state index in [-0.39, 0.29) is 0 Å². The van der Waals surface area contributed by atoms with Crippen molar-refractivity contribution in [3.05, 3.63) is 87.1 Å². The van der Waals surface area contributed by atoms with Gasteiger partial charge in [-0.05, 0) is 83.4 Å². The highest BCUT2D eigenvalue weighted by atomic mass is 79.9. The molecule has 0 atom stereocenters. The number of aryl methyl sites for hydroxylation is 1. The normalized spacial score (nSPS) is 12.7. The van der Waals surface area contributed by atoms with Crippen LogP contribution in [0.3, 0.4) is 0 Å². The Bertz CT molecular complexity index is 1130. The first-order chi connectivity index (χ1) is 15.2. The standard InChI is InChI=1S/C28H32BrN3/c1-17(2)22-12-9-13-23(18(3)4)28(22)31-21(7)26-16-10-15-25(32-26)20(6)30-27-19(5)11-8-14-24(27)29/h8-18H,1-7H3. The number of para-hydroxylation sites is 2. The zero-order chi connectivity index (χ0) is 23.4. The Labute approximate surface area is 200 Å². The maximum atomic E-state index is 5.09. The Morgan fingerprint density at radius 3 is 1.69 bits per heavy atom. The van der Waals surface area contributed by atoms with Gasteiger partial charge in [-0.15, -0.1) is 0 Å². The van der Waals surface area contributed by atoms with Gasteiger partial charge in [-0.2, -0.15) is 0 Å². The Morgan fingerprint density at radius 2 is 1.19 bits per heavy atom. The van der Waals surface area contributed by atoms with Crippen molar-refractivity contribution < 1.29 is 0 Å². The summed E-state index contributed by atoms with van der Waals surface area (Å²) in [5, 5.41) is 0. The first-order valence-corrected chi connectivity index (χ1v) is 11.9. The van der Waals surface area contributed by atoms with Crippen LogP contribution in [-0.4, -0.2) is 16.4 Å². The van der Waals surface area contributed by atoms with Crippen LogP contribution in [0.2, 0.25) is 0 Å². The molecule has 0 amide bonds. The molecule has 0 fully saturated rings. The van der Waals surface area contributed by atoms with Gasteiger partial charge in [-0.1, -0.05) is 64.1 Å². The van der Waals surface area contributed by atoms with Crippen LogP contribution in [0.1, 0.15) is 81.5 Å². The van der Waals surface area contributed by atoms with E-state index in [2.05, 4.69) is 74.8 Å². The quantitative estimate of drug-likeness (QED) is 0.319. The van der Waals surface area contributed by atoms with E-state index in [0.29, 0.717) is 11.8 Å². The van der Waals surface area contributed by atoms with Gasteiger partial charge in [0.1, 0.15) is 0 Å². The fourth-order valence-electron chi connectivity index (χ4n) is 3.69. The van der Waals surface area contributed by atoms with Crippen LogP contribution in [0.4, 0.5) is 11.4 Å². The molecule has 0 radical (unpaired) electrons. The van der Waals surface area contributed by atoms with E-state index in [0.717, 1.165) is 44.2 Å². The number of nitrogens with zero attached hydrogens (tertiary/aromatic N) is 3. The molecule has 0 saturated carbocycles. The number of halogens is 1. The molecule has 3 aromatic rings. The predicted molar refractivity (Wildman–Crippen MR) is 141 cm³/mol. The summed E-state index contributed by atoms with van der Waals surface area (Å²) >= 11 is 3.61. The predicted octanol–water partition coefficient (Wildman–Crippen LogP) is 8.68. The average Bonchev–Trinajstić information content (AvgIpc) is 2.76. The highest BCUT2D eigenvalue weighted by Gasteiger charge is 2.14. The van der Waals surface area contributed by atoms with Crippen molar-refractivity contribution in [2.24, 2.45) is 9.98 Å². The average molecular weight is 490 g/mol. The van der Waals surface area contributed by atoms with Crippen molar-refractivity contribution in [3.63, 3.8) is 0 Å². The molecule has 0 spiro atoms. The van der Waals surface area contributed by atoms with E-state index in [1.54, 1.807) is 0 Å². The molecule has 1 heterocycles. The zero-order valence-electron chi connectivity index (χ0n) is 20.1. The number of pyridine rings is 1. The van der Waals surface area contributed by atoms with Crippen molar-refractivity contribution in [3.8, 4) is 0 Å². The monoisotopic (exact) mass is 489 g/mol. The maximum absolute atomic E-state index is 5.09. The summed E-state index contributed by atoms with van der Waals surface area (Å²) in [7, 11) is 0. The summed E-state index contributed by atoms with van der Waals surface area (Å²) in [6.45, 7) is 15.0. The van der Waals surface area contributed by atoms with Gasteiger partial charge >= 0.3 is 0 Å². The topological polar surface area (TPSA) is 37.6 Å². The molecule has 0 aliphatic rings. The number of hydrogen-bond acceptors (Lipinski definition) is 3. The van der Waals surface area contributed by atoms with E-state index >= 15 is 0 Å². The van der Waals surface area contributed by atoms with Gasteiger partial charge in [0.05, 0.1) is 34.2 Å². The van der Waals surface area contributed by atoms with Gasteiger partial charge < -0.3 is 0 Å². The maximum Gasteiger partial charge on any atom is 0.0849 e. The molecule has 0 aliphatic carbocycles. The molecular weight excluding hydrogens is 458 g/mol. The first-order valence-electron chi connectivity index (χ1n) is 11.1. The minimum Gasteiger partial charge on any atom is -0.251 e. The van der Waals surface area contributed by atoms with E-state index in [4.69, 9.17) is 15.0 Å². The molecule has 3 nitrogen and oxygen atoms in total. The zero-order valence-corrected chi connectivity index (χ0v) is 21.7. The largest absolute Gasteiger partial charge is 0.251 e. The van der Waals surface area contributed by atoms with E-state index in [9.17, 15) is 0 Å². The number of aliphatic imine (C=N–C) groups is 2. The molecule has 4 heteroatoms. The minimum absolute atomic E-state index is 0.404. The van der Waals surface area contributed by atoms with Gasteiger partial charge in [-0.3, -0.25) is 9.98 Å². The highest BCUT2D eigenvalue weighted by molar-refractivity contribution is 9.10. The first kappa shape index (κ1) is 24.1. The number of aromatic nitrogens is 1. The van der Waals surface area contributed by atoms with Crippen LogP contribution >= 0.6 is 15.9 Å². The molecule has 3 rings (SSSR count). The Balaban J connectivity index is 2.04. The minimum atomic E-state index is 0.404. The van der Waals surface area contributed by atoms with Crippen molar-refractivity contribution in [2.45, 2.75) is 60.3 Å². The lowest BCUT2D eigenvalue weighted by molar-refractivity contribution is 0.834. The summed E-state index contributed by atoms with van der Waals surface area (Å²) < 4.78 is 0.984. The summed E-state index contributed by atoms with van der Waals surface area (Å²) in [4.78, 5) is 14.8. The van der Waals surface area contributed by atoms with Crippen molar-refractivity contribution in [2.75, 3.05) is 0 Å². The molecule has 0 N–H and O–H groups in total. The number of rotatable bonds is 6. The summed E-state index contributed by atoms with van der Waals surface area (Å²) in [5.41, 5.74) is 9.20. The molecule has 0 aliphatic heterocycles. The third kappa shape index (κ3) is 5.42. The Morgan fingerprint density at radius 1 is 0.719 bits per heavy atom. The van der Waals surface area contributed by atoms with E-state index < -0.39 is 0 Å². The van der Waals surface area contributed by atoms with Gasteiger partial charge in [0.15, 0.2) is 0 Å². The molecule has 0 saturated heterocycles. The second kappa shape index (κ2) is 10.4. The number of benzene rings is 2. The Kier molecular flexibility index (Phi) is 7.78. The number of hydrogen-bond donors (Lipinski definition) is 0. The fourth-order valence-corrected chi connectivity index (χ4v) is 4.25. The molecule has 2 aromatic carbocycles. The molecule has 1 aromatic heterocycles. The highest BCUT2D eigenvalue weighted by Crippen LogP contribution is 2.35. The summed E-state index contributed by atoms with van der Waals surface area (Å²) in [6.07, 6.45) is 0. The molecule has 166 valence electrons. The Hall–Kier alpha value is -2.59. The third-order valence-electron chi connectivity index (χ3n) is 5.58. The fraction of sp³-hybridized carbons (Fsp3) is 0.321. The van der Waals surface area contributed by atoms with Gasteiger partial charge in [0.25, 0.3) is 0 Å². The van der Waals surface area contributed by atoms with E-state index in [1.165, 1.54) is 11.1 Å². The SMILES string of the molecule is CC(=Nc1c(C)cccc1Br)c1cccc(C(C)=Nc2c(C(C)C)cccc2C(C)C)n1. The van der Waals surface area contributed by atoms with Crippen molar-refractivity contribution >= 4 is 38.7 Å². The van der Waals surface area contributed by atoms with Gasteiger partial charge in [0.2, 0.25) is 0 Å². The van der Waals surface area contributed by atoms with Crippen LogP contribution in [0.25, 0.3) is 0 Å². The lowest BCUT2D eigenvalue weighted by Gasteiger charge is -2.17. The summed E-state index contributed by atoms with van der Waals surface area (Å²) in [5.74, 6) is 0.808. The summed E-state index contributed by atoms with van der Waals surface area (Å²) in [6, 6.07) is 18.7. The van der Waals surface area contributed by atoms with Crippen LogP contribution in [0.15, 0.2) is 69.1 Å². The van der Waals surface area contributed by atoms with Crippen molar-refractivity contribution in [1.29, 1.82) is 0 Å². The van der Waals surface area contributed by atoms with Gasteiger partial charge in [0, 0.05) is 4.47 Å². The van der Waals surface area contributed by atoms with Crippen LogP contribution in [0.5, 0.6) is 0 Å². The molecule has 0 unspecified atom stereocenters. The molecular formula is C28H32BrN3. The van der Waals surface area contributed by atoms with Crippen LogP contribution in [0, 0.1) is 6.92 Å². The third-order valence-corrected chi connectivity index (χ3v) is 6.22. The second-order valence-corrected chi connectivity index (χ2v) is 9.66. The lowest BCUT2D eigenvalue weighted by Crippen LogP contribution is -2.06. The second-order valence-electron chi connectivity index (χ2n) is 8.80. The van der Waals surface area contributed by atoms with Crippen LogP contribution in [-0.2, 0) is 0 Å². The molecule has 32 heavy (non-hydrogen) atoms. The van der Waals surface area contributed by atoms with Crippen molar-refractivity contribution in [1.82, 2.24) is 4.98 Å². The van der Waals surface area contributed by atoms with Crippen LogP contribution < -0.4 is 0 Å².